The van der Waals surface area contributed by atoms with Gasteiger partial charge in [-0.05, 0) is 94.8 Å². The topological polar surface area (TPSA) is 55.8 Å². The van der Waals surface area contributed by atoms with E-state index in [1.807, 2.05) is 37.3 Å². The minimum absolute atomic E-state index is 0.385. The second kappa shape index (κ2) is 13.6. The Kier molecular flexibility index (Phi) is 9.70. The van der Waals surface area contributed by atoms with Crippen molar-refractivity contribution in [3.8, 4) is 32.4 Å². The molecule has 214 valence electrons. The summed E-state index contributed by atoms with van der Waals surface area (Å²) in [5.74, 6) is 0.200. The molecule has 42 heavy (non-hydrogen) atoms. The molecular formula is C34H28Cl2O4S2. The van der Waals surface area contributed by atoms with Crippen LogP contribution in [0.2, 0.25) is 8.67 Å². The van der Waals surface area contributed by atoms with E-state index >= 15 is 0 Å². The molecular weight excluding hydrogens is 607 g/mol. The Morgan fingerprint density at radius 3 is 1.71 bits per heavy atom. The fourth-order valence-electron chi connectivity index (χ4n) is 4.65. The average Bonchev–Trinajstić information content (AvgIpc) is 3.63. The number of aryl methyl sites for hydroxylation is 1. The number of hydrogen-bond donors (Lipinski definition) is 1. The molecule has 0 fully saturated rings. The Hall–Kier alpha value is -3.55. The number of carboxylic acids is 1. The minimum Gasteiger partial charge on any atom is -0.489 e. The molecule has 0 atom stereocenters. The molecule has 2 heterocycles. The number of hydrogen-bond acceptors (Lipinski definition) is 5. The van der Waals surface area contributed by atoms with Crippen molar-refractivity contribution in [3.05, 3.63) is 122 Å². The Labute approximate surface area is 263 Å². The molecule has 0 unspecified atom stereocenters. The van der Waals surface area contributed by atoms with E-state index in [1.165, 1.54) is 0 Å². The summed E-state index contributed by atoms with van der Waals surface area (Å²) in [5.41, 5.74) is 7.53. The molecule has 8 heteroatoms. The number of rotatable bonds is 11. The van der Waals surface area contributed by atoms with Crippen LogP contribution in [0.4, 0.5) is 0 Å². The van der Waals surface area contributed by atoms with Gasteiger partial charge < -0.3 is 14.6 Å². The van der Waals surface area contributed by atoms with Crippen LogP contribution < -0.4 is 9.47 Å². The van der Waals surface area contributed by atoms with Crippen LogP contribution in [0.1, 0.15) is 30.0 Å². The smallest absolute Gasteiger partial charge is 0.341 e. The van der Waals surface area contributed by atoms with Crippen molar-refractivity contribution in [1.29, 1.82) is 0 Å². The van der Waals surface area contributed by atoms with Gasteiger partial charge in [-0.15, -0.1) is 22.7 Å². The zero-order valence-corrected chi connectivity index (χ0v) is 26.2. The Bertz CT molecular complexity index is 1630. The molecule has 0 amide bonds. The van der Waals surface area contributed by atoms with E-state index in [9.17, 15) is 4.79 Å². The zero-order valence-electron chi connectivity index (χ0n) is 23.0. The molecule has 0 bridgehead atoms. The lowest BCUT2D eigenvalue weighted by Gasteiger charge is -2.18. The summed E-state index contributed by atoms with van der Waals surface area (Å²) >= 11 is 15.5. The van der Waals surface area contributed by atoms with Gasteiger partial charge in [0, 0.05) is 9.75 Å². The summed E-state index contributed by atoms with van der Waals surface area (Å²) in [6.45, 7) is 4.02. The maximum atomic E-state index is 10.9. The predicted molar refractivity (Wildman–Crippen MR) is 176 cm³/mol. The summed E-state index contributed by atoms with van der Waals surface area (Å²) in [4.78, 5) is 13.1. The van der Waals surface area contributed by atoms with Crippen molar-refractivity contribution >= 4 is 57.4 Å². The van der Waals surface area contributed by atoms with Crippen molar-refractivity contribution in [2.45, 2.75) is 20.3 Å². The van der Waals surface area contributed by atoms with Crippen LogP contribution in [-0.4, -0.2) is 24.3 Å². The highest BCUT2D eigenvalue weighted by Crippen LogP contribution is 2.36. The van der Waals surface area contributed by atoms with Crippen LogP contribution in [0.15, 0.2) is 96.6 Å². The fraction of sp³-hybridized carbons (Fsp3) is 0.147. The molecule has 0 spiro atoms. The molecule has 5 rings (SSSR count). The molecule has 0 radical (unpaired) electrons. The van der Waals surface area contributed by atoms with Crippen LogP contribution in [-0.2, 0) is 4.79 Å². The van der Waals surface area contributed by atoms with Crippen LogP contribution in [0, 0.1) is 6.92 Å². The normalized spacial score (nSPS) is 10.9. The Morgan fingerprint density at radius 1 is 0.738 bits per heavy atom. The summed E-state index contributed by atoms with van der Waals surface area (Å²) in [6.07, 6.45) is 0.790. The van der Waals surface area contributed by atoms with Crippen LogP contribution in [0.5, 0.6) is 11.5 Å². The number of carbonyl (C=O) groups is 1. The lowest BCUT2D eigenvalue weighted by atomic mass is 9.91. The summed E-state index contributed by atoms with van der Waals surface area (Å²) in [7, 11) is 0. The second-order valence-electron chi connectivity index (χ2n) is 9.59. The standard InChI is InChI=1S/C34H28Cl2O4S2/c1-3-22(19-39-27-12-13-28(21(2)18-27)40-20-33(37)38)34(25-8-4-23(5-9-25)29-14-16-31(35)41-29)26-10-6-24(7-11-26)30-15-17-32(36)42-30/h4-18H,3,19-20H2,1-2H3,(H,37,38). The van der Waals surface area contributed by atoms with Crippen LogP contribution in [0.3, 0.4) is 0 Å². The summed E-state index contributed by atoms with van der Waals surface area (Å²) in [5, 5.41) is 8.92. The van der Waals surface area contributed by atoms with E-state index in [1.54, 1.807) is 34.8 Å². The molecule has 2 aromatic heterocycles. The number of benzene rings is 3. The second-order valence-corrected chi connectivity index (χ2v) is 13.0. The number of carboxylic acid groups (broad SMARTS) is 1. The largest absolute Gasteiger partial charge is 0.489 e. The number of aliphatic carboxylic acids is 1. The van der Waals surface area contributed by atoms with Gasteiger partial charge in [0.2, 0.25) is 0 Å². The van der Waals surface area contributed by atoms with Gasteiger partial charge in [-0.3, -0.25) is 0 Å². The van der Waals surface area contributed by atoms with E-state index in [2.05, 4.69) is 55.5 Å². The Balaban J connectivity index is 1.47. The maximum Gasteiger partial charge on any atom is 0.341 e. The van der Waals surface area contributed by atoms with Crippen molar-refractivity contribution in [1.82, 2.24) is 0 Å². The van der Waals surface area contributed by atoms with Crippen molar-refractivity contribution in [2.24, 2.45) is 0 Å². The SMILES string of the molecule is CCC(COc1ccc(OCC(=O)O)c(C)c1)=C(c1ccc(-c2ccc(Cl)s2)cc1)c1ccc(-c2ccc(Cl)s2)cc1. The third-order valence-corrected chi connectivity index (χ3v) is 9.31. The first-order valence-corrected chi connectivity index (χ1v) is 15.7. The first-order valence-electron chi connectivity index (χ1n) is 13.3. The van der Waals surface area contributed by atoms with Crippen molar-refractivity contribution < 1.29 is 19.4 Å². The van der Waals surface area contributed by atoms with Gasteiger partial charge in [0.15, 0.2) is 6.61 Å². The number of thiophene rings is 2. The lowest BCUT2D eigenvalue weighted by molar-refractivity contribution is -0.139. The van der Waals surface area contributed by atoms with Crippen molar-refractivity contribution in [3.63, 3.8) is 0 Å². The molecule has 0 aliphatic rings. The summed E-state index contributed by atoms with van der Waals surface area (Å²) in [6, 6.07) is 30.5. The van der Waals surface area contributed by atoms with E-state index in [0.717, 1.165) is 63.8 Å². The average molecular weight is 636 g/mol. The highest BCUT2D eigenvalue weighted by molar-refractivity contribution is 7.19. The molecule has 5 aromatic rings. The molecule has 0 saturated heterocycles. The molecule has 0 saturated carbocycles. The monoisotopic (exact) mass is 634 g/mol. The van der Waals surface area contributed by atoms with Crippen LogP contribution >= 0.6 is 45.9 Å². The van der Waals surface area contributed by atoms with Gasteiger partial charge in [0.25, 0.3) is 0 Å². The molecule has 0 aliphatic carbocycles. The van der Waals surface area contributed by atoms with Gasteiger partial charge in [-0.2, -0.15) is 0 Å². The zero-order chi connectivity index (χ0) is 29.6. The van der Waals surface area contributed by atoms with Crippen molar-refractivity contribution in [2.75, 3.05) is 13.2 Å². The first kappa shape index (κ1) is 29.9. The quantitative estimate of drug-likeness (QED) is 0.157. The van der Waals surface area contributed by atoms with Gasteiger partial charge in [-0.1, -0.05) is 78.7 Å². The third kappa shape index (κ3) is 7.26. The lowest BCUT2D eigenvalue weighted by Crippen LogP contribution is -2.10. The van der Waals surface area contributed by atoms with E-state index in [4.69, 9.17) is 37.8 Å². The van der Waals surface area contributed by atoms with E-state index < -0.39 is 5.97 Å². The Morgan fingerprint density at radius 2 is 1.29 bits per heavy atom. The molecule has 3 aromatic carbocycles. The van der Waals surface area contributed by atoms with Gasteiger partial charge >= 0.3 is 5.97 Å². The highest BCUT2D eigenvalue weighted by Gasteiger charge is 2.14. The van der Waals surface area contributed by atoms with E-state index in [0.29, 0.717) is 18.1 Å². The predicted octanol–water partition coefficient (Wildman–Crippen LogP) is 10.5. The minimum atomic E-state index is -1.01. The summed E-state index contributed by atoms with van der Waals surface area (Å²) < 4.78 is 13.2. The molecule has 0 aliphatic heterocycles. The molecule has 1 N–H and O–H groups in total. The maximum absolute atomic E-state index is 10.9. The van der Waals surface area contributed by atoms with Gasteiger partial charge in [-0.25, -0.2) is 4.79 Å². The van der Waals surface area contributed by atoms with E-state index in [-0.39, 0.29) is 6.61 Å². The highest BCUT2D eigenvalue weighted by atomic mass is 35.5. The first-order chi connectivity index (χ1) is 20.3. The number of halogens is 2. The molecule has 4 nitrogen and oxygen atoms in total. The fourth-order valence-corrected chi connectivity index (χ4v) is 6.75. The van der Waals surface area contributed by atoms with Gasteiger partial charge in [0.1, 0.15) is 18.1 Å². The third-order valence-electron chi connectivity index (χ3n) is 6.75. The number of ether oxygens (including phenoxy) is 2. The van der Waals surface area contributed by atoms with Crippen LogP contribution in [0.25, 0.3) is 26.5 Å². The van der Waals surface area contributed by atoms with Gasteiger partial charge in [0.05, 0.1) is 8.67 Å².